The van der Waals surface area contributed by atoms with Crippen LogP contribution in [-0.4, -0.2) is 15.8 Å². The van der Waals surface area contributed by atoms with Crippen molar-refractivity contribution in [1.82, 2.24) is 9.55 Å². The molecule has 3 aromatic rings. The van der Waals surface area contributed by atoms with Crippen molar-refractivity contribution >= 4 is 29.5 Å². The summed E-state index contributed by atoms with van der Waals surface area (Å²) in [7, 11) is 0. The van der Waals surface area contributed by atoms with E-state index in [0.29, 0.717) is 17.5 Å². The van der Waals surface area contributed by atoms with Gasteiger partial charge in [-0.1, -0.05) is 48.0 Å². The molecule has 0 aliphatic carbocycles. The van der Waals surface area contributed by atoms with E-state index in [4.69, 9.17) is 17.0 Å². The number of hydrogen-bond acceptors (Lipinski definition) is 4. The lowest BCUT2D eigenvalue weighted by Crippen LogP contribution is -2.20. The van der Waals surface area contributed by atoms with E-state index in [-0.39, 0.29) is 5.56 Å². The average molecular weight is 353 g/mol. The number of aromatic nitrogens is 2. The first-order chi connectivity index (χ1) is 12.1. The lowest BCUT2D eigenvalue weighted by Gasteiger charge is -2.16. The molecule has 2 N–H and O–H groups in total. The third kappa shape index (κ3) is 3.78. The Balaban J connectivity index is 2.05. The molecule has 0 aliphatic rings. The van der Waals surface area contributed by atoms with Crippen LogP contribution in [0.4, 0.5) is 11.6 Å². The molecular formula is C19H17ClN4O. The predicted molar refractivity (Wildman–Crippen MR) is 101 cm³/mol. The van der Waals surface area contributed by atoms with Crippen LogP contribution >= 0.6 is 11.6 Å². The zero-order valence-corrected chi connectivity index (χ0v) is 14.4. The van der Waals surface area contributed by atoms with E-state index in [1.807, 2.05) is 60.0 Å². The Morgan fingerprint density at radius 1 is 1.20 bits per heavy atom. The van der Waals surface area contributed by atoms with Crippen molar-refractivity contribution in [2.24, 2.45) is 0 Å². The van der Waals surface area contributed by atoms with Crippen LogP contribution in [0.25, 0.3) is 0 Å². The summed E-state index contributed by atoms with van der Waals surface area (Å²) < 4.78 is 1.82. The number of anilines is 2. The van der Waals surface area contributed by atoms with Gasteiger partial charge in [0.2, 0.25) is 5.95 Å². The van der Waals surface area contributed by atoms with Crippen LogP contribution in [-0.2, 0) is 6.54 Å². The molecule has 126 valence electrons. The maximum absolute atomic E-state index is 12.1. The summed E-state index contributed by atoms with van der Waals surface area (Å²) >= 11 is 6.17. The summed E-state index contributed by atoms with van der Waals surface area (Å²) in [5.41, 5.74) is 2.52. The molecule has 0 bridgehead atoms. The van der Waals surface area contributed by atoms with Gasteiger partial charge in [0.15, 0.2) is 0 Å². The molecule has 1 aromatic heterocycles. The fourth-order valence-electron chi connectivity index (χ4n) is 2.47. The number of benzene rings is 2. The van der Waals surface area contributed by atoms with Crippen LogP contribution in [0.15, 0.2) is 59.5 Å². The number of nitrogens with one attached hydrogen (secondary N) is 2. The smallest absolute Gasteiger partial charge is 0.283 e. The van der Waals surface area contributed by atoms with Crippen LogP contribution in [0.2, 0.25) is 5.02 Å². The summed E-state index contributed by atoms with van der Waals surface area (Å²) in [6, 6.07) is 15.4. The molecule has 0 saturated heterocycles. The maximum Gasteiger partial charge on any atom is 0.283 e. The van der Waals surface area contributed by atoms with Gasteiger partial charge in [-0.3, -0.25) is 4.79 Å². The Morgan fingerprint density at radius 2 is 1.96 bits per heavy atom. The van der Waals surface area contributed by atoms with Crippen LogP contribution < -0.4 is 10.9 Å². The number of nitrogens with zero attached hydrogens (tertiary/aromatic N) is 2. The molecule has 0 amide bonds. The topological polar surface area (TPSA) is 70.8 Å². The first-order valence-corrected chi connectivity index (χ1v) is 8.14. The van der Waals surface area contributed by atoms with Crippen molar-refractivity contribution in [1.29, 1.82) is 5.41 Å². The standard InChI is InChI=1S/C19H17ClN4O/c1-13-16(20)8-5-9-17(13)22-19-23-18(25)15(10-21)12-24(19)11-14-6-3-2-4-7-14/h2-10,12,21H,11H2,1H3,(H,22,23,25). The van der Waals surface area contributed by atoms with E-state index in [1.54, 1.807) is 6.20 Å². The van der Waals surface area contributed by atoms with Crippen molar-refractivity contribution in [3.63, 3.8) is 0 Å². The zero-order chi connectivity index (χ0) is 17.8. The highest BCUT2D eigenvalue weighted by Crippen LogP contribution is 2.25. The molecule has 1 heterocycles. The second kappa shape index (κ2) is 7.32. The number of halogens is 1. The van der Waals surface area contributed by atoms with E-state index in [0.717, 1.165) is 23.0 Å². The third-order valence-corrected chi connectivity index (χ3v) is 4.30. The van der Waals surface area contributed by atoms with Gasteiger partial charge in [0.1, 0.15) is 0 Å². The Morgan fingerprint density at radius 3 is 2.68 bits per heavy atom. The highest BCUT2D eigenvalue weighted by molar-refractivity contribution is 6.31. The summed E-state index contributed by atoms with van der Waals surface area (Å²) in [6.45, 7) is 2.42. The summed E-state index contributed by atoms with van der Waals surface area (Å²) in [4.78, 5) is 16.2. The Kier molecular flexibility index (Phi) is 4.95. The zero-order valence-electron chi connectivity index (χ0n) is 13.7. The van der Waals surface area contributed by atoms with E-state index in [1.165, 1.54) is 0 Å². The van der Waals surface area contributed by atoms with E-state index >= 15 is 0 Å². The molecule has 3 rings (SSSR count). The van der Waals surface area contributed by atoms with Crippen molar-refractivity contribution in [3.8, 4) is 0 Å². The molecular weight excluding hydrogens is 336 g/mol. The lowest BCUT2D eigenvalue weighted by molar-refractivity contribution is 0.772. The van der Waals surface area contributed by atoms with E-state index < -0.39 is 5.56 Å². The molecule has 0 radical (unpaired) electrons. The minimum absolute atomic E-state index is 0.240. The largest absolute Gasteiger partial charge is 0.325 e. The molecule has 0 aliphatic heterocycles. The second-order valence-corrected chi connectivity index (χ2v) is 6.03. The van der Waals surface area contributed by atoms with Crippen LogP contribution in [0.1, 0.15) is 16.7 Å². The molecule has 5 nitrogen and oxygen atoms in total. The van der Waals surface area contributed by atoms with Gasteiger partial charge in [0.05, 0.1) is 12.1 Å². The Bertz CT molecular complexity index is 967. The quantitative estimate of drug-likeness (QED) is 0.682. The van der Waals surface area contributed by atoms with Gasteiger partial charge in [0.25, 0.3) is 5.56 Å². The maximum atomic E-state index is 12.1. The van der Waals surface area contributed by atoms with Crippen molar-refractivity contribution < 1.29 is 0 Å². The Hall–Kier alpha value is -2.92. The van der Waals surface area contributed by atoms with E-state index in [2.05, 4.69) is 10.3 Å². The normalized spacial score (nSPS) is 10.5. The summed E-state index contributed by atoms with van der Waals surface area (Å²) in [5.74, 6) is 0.407. The number of rotatable bonds is 5. The predicted octanol–water partition coefficient (Wildman–Crippen LogP) is 3.99. The van der Waals surface area contributed by atoms with Gasteiger partial charge in [-0.2, -0.15) is 4.98 Å². The third-order valence-electron chi connectivity index (χ3n) is 3.89. The molecule has 25 heavy (non-hydrogen) atoms. The number of hydrogen-bond donors (Lipinski definition) is 2. The summed E-state index contributed by atoms with van der Waals surface area (Å²) in [5, 5.41) is 11.2. The van der Waals surface area contributed by atoms with Crippen LogP contribution in [0, 0.1) is 12.3 Å². The molecule has 6 heteroatoms. The van der Waals surface area contributed by atoms with Gasteiger partial charge in [-0.25, -0.2) is 0 Å². The van der Waals surface area contributed by atoms with Gasteiger partial charge < -0.3 is 15.3 Å². The fourth-order valence-corrected chi connectivity index (χ4v) is 2.65. The SMILES string of the molecule is Cc1c(Cl)cccc1Nc1nc(=O)c(C=N)cn1Cc1ccccc1. The Labute approximate surface area is 150 Å². The fraction of sp³-hybridized carbons (Fsp3) is 0.105. The molecule has 0 unspecified atom stereocenters. The van der Waals surface area contributed by atoms with Gasteiger partial charge in [-0.05, 0) is 30.2 Å². The second-order valence-electron chi connectivity index (χ2n) is 5.62. The van der Waals surface area contributed by atoms with Crippen molar-refractivity contribution in [2.75, 3.05) is 5.32 Å². The summed E-state index contributed by atoms with van der Waals surface area (Å²) in [6.07, 6.45) is 2.66. The average Bonchev–Trinajstić information content (AvgIpc) is 2.62. The minimum Gasteiger partial charge on any atom is -0.325 e. The van der Waals surface area contributed by atoms with E-state index in [9.17, 15) is 4.79 Å². The molecule has 0 atom stereocenters. The molecule has 0 spiro atoms. The first kappa shape index (κ1) is 16.9. The van der Waals surface area contributed by atoms with Crippen molar-refractivity contribution in [3.05, 3.63) is 86.8 Å². The molecule has 0 fully saturated rings. The van der Waals surface area contributed by atoms with Gasteiger partial charge in [-0.15, -0.1) is 0 Å². The van der Waals surface area contributed by atoms with Crippen molar-refractivity contribution in [2.45, 2.75) is 13.5 Å². The highest BCUT2D eigenvalue weighted by Gasteiger charge is 2.10. The monoisotopic (exact) mass is 352 g/mol. The van der Waals surface area contributed by atoms with Gasteiger partial charge in [0, 0.05) is 23.1 Å². The van der Waals surface area contributed by atoms with Crippen LogP contribution in [0.5, 0.6) is 0 Å². The lowest BCUT2D eigenvalue weighted by atomic mass is 10.2. The highest BCUT2D eigenvalue weighted by atomic mass is 35.5. The van der Waals surface area contributed by atoms with Gasteiger partial charge >= 0.3 is 0 Å². The molecule has 0 saturated carbocycles. The minimum atomic E-state index is -0.443. The van der Waals surface area contributed by atoms with Crippen LogP contribution in [0.3, 0.4) is 0 Å². The molecule has 2 aromatic carbocycles. The first-order valence-electron chi connectivity index (χ1n) is 7.76.